The number of carbonyl (C=O) groups excluding carboxylic acids is 1. The van der Waals surface area contributed by atoms with E-state index in [2.05, 4.69) is 20.8 Å². The van der Waals surface area contributed by atoms with E-state index < -0.39 is 0 Å². The molecule has 0 saturated heterocycles. The van der Waals surface area contributed by atoms with Gasteiger partial charge in [0.1, 0.15) is 5.69 Å². The van der Waals surface area contributed by atoms with Crippen molar-refractivity contribution in [3.8, 4) is 0 Å². The highest BCUT2D eigenvalue weighted by Gasteiger charge is 2.20. The number of hydrogen-bond acceptors (Lipinski definition) is 4. The predicted octanol–water partition coefficient (Wildman–Crippen LogP) is 0.146. The summed E-state index contributed by atoms with van der Waals surface area (Å²) in [6.07, 6.45) is 4.39. The Balaban J connectivity index is 1.64. The lowest BCUT2D eigenvalue weighted by Crippen LogP contribution is -2.36. The van der Waals surface area contributed by atoms with Crippen molar-refractivity contribution in [2.45, 2.75) is 31.8 Å². The fraction of sp³-hybridized carbons (Fsp3) is 0.500. The fourth-order valence-electron chi connectivity index (χ4n) is 2.40. The molecular formula is C12H16N6O. The first-order chi connectivity index (χ1) is 9.24. The lowest BCUT2D eigenvalue weighted by atomic mass is 10.1. The Morgan fingerprint density at radius 3 is 3.16 bits per heavy atom. The zero-order valence-corrected chi connectivity index (χ0v) is 10.8. The molecule has 1 amide bonds. The smallest absolute Gasteiger partial charge is 0.268 e. The summed E-state index contributed by atoms with van der Waals surface area (Å²) in [6.45, 7) is 0.750. The van der Waals surface area contributed by atoms with Crippen LogP contribution in [0.15, 0.2) is 18.3 Å². The molecule has 0 spiro atoms. The molecule has 1 N–H and O–H groups in total. The number of nitrogens with one attached hydrogen (secondary N) is 1. The van der Waals surface area contributed by atoms with Crippen LogP contribution in [0.25, 0.3) is 0 Å². The lowest BCUT2D eigenvalue weighted by Gasteiger charge is -2.16. The van der Waals surface area contributed by atoms with Gasteiger partial charge in [-0.3, -0.25) is 4.79 Å². The molecule has 2 aromatic heterocycles. The second-order valence-corrected chi connectivity index (χ2v) is 4.82. The van der Waals surface area contributed by atoms with E-state index in [1.54, 1.807) is 0 Å². The molecule has 0 bridgehead atoms. The predicted molar refractivity (Wildman–Crippen MR) is 67.4 cm³/mol. The van der Waals surface area contributed by atoms with Crippen molar-refractivity contribution < 1.29 is 4.79 Å². The zero-order chi connectivity index (χ0) is 13.2. The maximum atomic E-state index is 12.1. The Morgan fingerprint density at radius 1 is 1.47 bits per heavy atom. The summed E-state index contributed by atoms with van der Waals surface area (Å²) in [5.74, 6) is 0.874. The Morgan fingerprint density at radius 2 is 2.37 bits per heavy atom. The standard InChI is InChI=1S/C12H16N6O/c1-17-7-2-3-10(17)12(19)13-9-4-5-11-14-15-16-18(11)8-6-9/h2-3,7,9H,4-6,8H2,1H3,(H,13,19). The van der Waals surface area contributed by atoms with E-state index in [0.717, 1.165) is 31.6 Å². The molecule has 1 atom stereocenters. The number of amides is 1. The number of rotatable bonds is 2. The van der Waals surface area contributed by atoms with Crippen LogP contribution < -0.4 is 5.32 Å². The summed E-state index contributed by atoms with van der Waals surface area (Å²) in [5.41, 5.74) is 0.682. The van der Waals surface area contributed by atoms with Gasteiger partial charge in [-0.1, -0.05) is 0 Å². The van der Waals surface area contributed by atoms with Gasteiger partial charge in [0.15, 0.2) is 5.82 Å². The number of carbonyl (C=O) groups is 1. The van der Waals surface area contributed by atoms with Gasteiger partial charge in [0.2, 0.25) is 0 Å². The molecule has 1 unspecified atom stereocenters. The van der Waals surface area contributed by atoms with Crippen molar-refractivity contribution in [2.24, 2.45) is 7.05 Å². The highest BCUT2D eigenvalue weighted by Crippen LogP contribution is 2.12. The topological polar surface area (TPSA) is 77.6 Å². The first kappa shape index (κ1) is 11.9. The lowest BCUT2D eigenvalue weighted by molar-refractivity contribution is 0.0924. The molecule has 0 saturated carbocycles. The second kappa shape index (κ2) is 4.83. The molecule has 0 radical (unpaired) electrons. The van der Waals surface area contributed by atoms with E-state index in [1.165, 1.54) is 0 Å². The van der Waals surface area contributed by atoms with Gasteiger partial charge in [0.25, 0.3) is 5.91 Å². The maximum absolute atomic E-state index is 12.1. The molecule has 19 heavy (non-hydrogen) atoms. The Bertz CT molecular complexity index is 564. The molecule has 100 valence electrons. The molecule has 3 rings (SSSR count). The molecule has 2 aromatic rings. The average Bonchev–Trinajstić information content (AvgIpc) is 2.98. The minimum atomic E-state index is -0.0249. The summed E-state index contributed by atoms with van der Waals surface area (Å²) >= 11 is 0. The number of nitrogens with zero attached hydrogens (tertiary/aromatic N) is 5. The van der Waals surface area contributed by atoms with Crippen LogP contribution in [-0.4, -0.2) is 36.7 Å². The maximum Gasteiger partial charge on any atom is 0.268 e. The Labute approximate surface area is 110 Å². The molecule has 7 nitrogen and oxygen atoms in total. The van der Waals surface area contributed by atoms with Crippen LogP contribution in [0.1, 0.15) is 29.2 Å². The molecule has 1 aliphatic heterocycles. The van der Waals surface area contributed by atoms with E-state index in [-0.39, 0.29) is 11.9 Å². The third-order valence-electron chi connectivity index (χ3n) is 3.52. The van der Waals surface area contributed by atoms with Gasteiger partial charge in [-0.15, -0.1) is 5.10 Å². The first-order valence-electron chi connectivity index (χ1n) is 6.41. The summed E-state index contributed by atoms with van der Waals surface area (Å²) in [6, 6.07) is 3.85. The van der Waals surface area contributed by atoms with Gasteiger partial charge in [0.05, 0.1) is 0 Å². The minimum Gasteiger partial charge on any atom is -0.348 e. The van der Waals surface area contributed by atoms with Crippen molar-refractivity contribution in [3.05, 3.63) is 29.8 Å². The van der Waals surface area contributed by atoms with Crippen LogP contribution in [0.3, 0.4) is 0 Å². The van der Waals surface area contributed by atoms with Gasteiger partial charge < -0.3 is 9.88 Å². The monoisotopic (exact) mass is 260 g/mol. The van der Waals surface area contributed by atoms with Crippen molar-refractivity contribution in [1.29, 1.82) is 0 Å². The quantitative estimate of drug-likeness (QED) is 0.833. The van der Waals surface area contributed by atoms with E-state index in [4.69, 9.17) is 0 Å². The molecular weight excluding hydrogens is 244 g/mol. The molecule has 0 fully saturated rings. The SMILES string of the molecule is Cn1cccc1C(=O)NC1CCc2nnnn2CC1. The van der Waals surface area contributed by atoms with Crippen LogP contribution >= 0.6 is 0 Å². The molecule has 3 heterocycles. The number of fused-ring (bicyclic) bond motifs is 1. The number of aromatic nitrogens is 5. The fourth-order valence-corrected chi connectivity index (χ4v) is 2.40. The summed E-state index contributed by atoms with van der Waals surface area (Å²) < 4.78 is 3.64. The van der Waals surface area contributed by atoms with E-state index in [1.807, 2.05) is 34.6 Å². The Hall–Kier alpha value is -2.18. The molecule has 0 aromatic carbocycles. The molecule has 1 aliphatic rings. The van der Waals surface area contributed by atoms with E-state index >= 15 is 0 Å². The van der Waals surface area contributed by atoms with Crippen LogP contribution in [0.5, 0.6) is 0 Å². The summed E-state index contributed by atoms with van der Waals surface area (Å²) in [4.78, 5) is 12.1. The van der Waals surface area contributed by atoms with Gasteiger partial charge >= 0.3 is 0 Å². The first-order valence-corrected chi connectivity index (χ1v) is 6.41. The third-order valence-corrected chi connectivity index (χ3v) is 3.52. The number of hydrogen-bond donors (Lipinski definition) is 1. The average molecular weight is 260 g/mol. The van der Waals surface area contributed by atoms with Gasteiger partial charge in [-0.2, -0.15) is 0 Å². The van der Waals surface area contributed by atoms with Crippen LogP contribution in [0.4, 0.5) is 0 Å². The van der Waals surface area contributed by atoms with Crippen LogP contribution in [0.2, 0.25) is 0 Å². The largest absolute Gasteiger partial charge is 0.348 e. The Kier molecular flexibility index (Phi) is 3.02. The van der Waals surface area contributed by atoms with Gasteiger partial charge in [-0.05, 0) is 35.4 Å². The summed E-state index contributed by atoms with van der Waals surface area (Å²) in [7, 11) is 1.87. The van der Waals surface area contributed by atoms with Crippen molar-refractivity contribution >= 4 is 5.91 Å². The zero-order valence-electron chi connectivity index (χ0n) is 10.8. The second-order valence-electron chi connectivity index (χ2n) is 4.82. The van der Waals surface area contributed by atoms with Crippen LogP contribution in [0, 0.1) is 0 Å². The summed E-state index contributed by atoms with van der Waals surface area (Å²) in [5, 5.41) is 14.6. The molecule has 0 aliphatic carbocycles. The third kappa shape index (κ3) is 2.35. The van der Waals surface area contributed by atoms with Gasteiger partial charge in [0, 0.05) is 32.3 Å². The van der Waals surface area contributed by atoms with E-state index in [0.29, 0.717) is 5.69 Å². The highest BCUT2D eigenvalue weighted by molar-refractivity contribution is 5.92. The van der Waals surface area contributed by atoms with Crippen molar-refractivity contribution in [1.82, 2.24) is 30.1 Å². The number of tetrazole rings is 1. The van der Waals surface area contributed by atoms with Gasteiger partial charge in [-0.25, -0.2) is 4.68 Å². The molecule has 7 heteroatoms. The highest BCUT2D eigenvalue weighted by atomic mass is 16.2. The van der Waals surface area contributed by atoms with Crippen molar-refractivity contribution in [3.63, 3.8) is 0 Å². The minimum absolute atomic E-state index is 0.0249. The van der Waals surface area contributed by atoms with Crippen molar-refractivity contribution in [2.75, 3.05) is 0 Å². The van der Waals surface area contributed by atoms with Crippen LogP contribution in [-0.2, 0) is 20.0 Å². The van der Waals surface area contributed by atoms with E-state index in [9.17, 15) is 4.79 Å². The normalized spacial score (nSPS) is 18.7. The number of aryl methyl sites for hydroxylation is 3.